The molecule has 5 atom stereocenters. The summed E-state index contributed by atoms with van der Waals surface area (Å²) < 4.78 is 22.9. The molecule has 1 fully saturated rings. The Bertz CT molecular complexity index is 976. The number of nitrogens with zero attached hydrogens (tertiary/aromatic N) is 1. The number of carbonyl (C=O) groups is 4. The zero-order valence-electron chi connectivity index (χ0n) is 25.2. The number of likely N-dealkylation sites (tertiary alicyclic amines) is 1. The minimum absolute atomic E-state index is 0.0595. The van der Waals surface area contributed by atoms with Crippen LogP contribution >= 0.6 is 0 Å². The Kier molecular flexibility index (Phi) is 9.36. The molecule has 1 saturated heterocycles. The molecule has 0 spiro atoms. The molecule has 9 nitrogen and oxygen atoms in total. The lowest BCUT2D eigenvalue weighted by atomic mass is 9.57. The minimum atomic E-state index is -2.30. The molecule has 2 amide bonds. The van der Waals surface area contributed by atoms with Crippen LogP contribution in [0.4, 0.5) is 4.79 Å². The number of imide groups is 1. The van der Waals surface area contributed by atoms with Crippen LogP contribution in [0.25, 0.3) is 0 Å². The van der Waals surface area contributed by atoms with Crippen LogP contribution < -0.4 is 0 Å². The van der Waals surface area contributed by atoms with Crippen LogP contribution in [0, 0.1) is 23.2 Å². The van der Waals surface area contributed by atoms with Crippen LogP contribution in [-0.4, -0.2) is 69.1 Å². The summed E-state index contributed by atoms with van der Waals surface area (Å²) in [5.74, 6) is -3.67. The third-order valence-electron chi connectivity index (χ3n) is 8.40. The van der Waals surface area contributed by atoms with Crippen LogP contribution in [0.2, 0.25) is 18.1 Å². The molecule has 0 bridgehead atoms. The van der Waals surface area contributed by atoms with Crippen molar-refractivity contribution in [3.05, 3.63) is 11.6 Å². The lowest BCUT2D eigenvalue weighted by Crippen LogP contribution is -2.55. The molecule has 0 aromatic rings. The smallest absolute Gasteiger partial charge is 0.417 e. The second kappa shape index (κ2) is 11.1. The number of allylic oxidation sites excluding steroid dienone is 1. The van der Waals surface area contributed by atoms with Gasteiger partial charge in [-0.2, -0.15) is 0 Å². The van der Waals surface area contributed by atoms with E-state index in [9.17, 15) is 19.2 Å². The molecule has 0 N–H and O–H groups in total. The minimum Gasteiger partial charge on any atom is -0.468 e. The largest absolute Gasteiger partial charge is 0.468 e. The Morgan fingerprint density at radius 3 is 2.13 bits per heavy atom. The van der Waals surface area contributed by atoms with Crippen molar-refractivity contribution in [2.75, 3.05) is 20.3 Å². The van der Waals surface area contributed by atoms with Gasteiger partial charge in [-0.25, -0.2) is 9.69 Å². The molecule has 38 heavy (non-hydrogen) atoms. The average Bonchev–Trinajstić information content (AvgIpc) is 3.06. The zero-order valence-corrected chi connectivity index (χ0v) is 26.2. The number of esters is 2. The van der Waals surface area contributed by atoms with Gasteiger partial charge in [0.1, 0.15) is 5.60 Å². The first-order valence-electron chi connectivity index (χ1n) is 13.4. The molecule has 1 heterocycles. The van der Waals surface area contributed by atoms with Crippen molar-refractivity contribution in [2.24, 2.45) is 23.2 Å². The van der Waals surface area contributed by atoms with E-state index in [0.29, 0.717) is 0 Å². The SMILES string of the molecule is CCC(=O)OC[C@H]1C=C(C)[C@@H](C)[C@H]2[C@H](CO[Si](C)(C)C(C)(C)C)N(C(=O)OC(C)(C)C)C(=O)[C@]21C(=O)OC. The first-order valence-corrected chi connectivity index (χ1v) is 16.3. The molecule has 2 rings (SSSR count). The lowest BCUT2D eigenvalue weighted by Gasteiger charge is -2.44. The van der Waals surface area contributed by atoms with Gasteiger partial charge in [-0.1, -0.05) is 46.3 Å². The summed E-state index contributed by atoms with van der Waals surface area (Å²) >= 11 is 0. The fraction of sp³-hybridized carbons (Fsp3) is 0.786. The monoisotopic (exact) mass is 553 g/mol. The normalized spacial score (nSPS) is 27.9. The van der Waals surface area contributed by atoms with Crippen LogP contribution in [0.1, 0.15) is 68.7 Å². The Morgan fingerprint density at radius 2 is 1.66 bits per heavy atom. The summed E-state index contributed by atoms with van der Waals surface area (Å²) in [6.07, 6.45) is 1.13. The van der Waals surface area contributed by atoms with Gasteiger partial charge in [-0.05, 0) is 51.7 Å². The highest BCUT2D eigenvalue weighted by atomic mass is 28.4. The van der Waals surface area contributed by atoms with Gasteiger partial charge in [-0.3, -0.25) is 14.4 Å². The number of methoxy groups -OCH3 is 1. The van der Waals surface area contributed by atoms with Gasteiger partial charge in [-0.15, -0.1) is 0 Å². The Balaban J connectivity index is 2.74. The van der Waals surface area contributed by atoms with E-state index in [-0.39, 0.29) is 30.6 Å². The first kappa shape index (κ1) is 32.0. The summed E-state index contributed by atoms with van der Waals surface area (Å²) in [5, 5.41) is -0.114. The second-order valence-corrected chi connectivity index (χ2v) is 17.8. The maximum absolute atomic E-state index is 14.4. The predicted molar refractivity (Wildman–Crippen MR) is 146 cm³/mol. The van der Waals surface area contributed by atoms with Crippen molar-refractivity contribution in [1.82, 2.24) is 4.90 Å². The van der Waals surface area contributed by atoms with Gasteiger partial charge >= 0.3 is 18.0 Å². The van der Waals surface area contributed by atoms with Crippen molar-refractivity contribution >= 4 is 32.3 Å². The number of rotatable bonds is 7. The highest BCUT2D eigenvalue weighted by Gasteiger charge is 2.72. The van der Waals surface area contributed by atoms with E-state index in [1.807, 2.05) is 19.9 Å². The average molecular weight is 554 g/mol. The van der Waals surface area contributed by atoms with Crippen LogP contribution in [-0.2, 0) is 33.0 Å². The summed E-state index contributed by atoms with van der Waals surface area (Å²) in [7, 11) is -1.08. The lowest BCUT2D eigenvalue weighted by molar-refractivity contribution is -0.170. The maximum Gasteiger partial charge on any atom is 0.417 e. The number of amides is 2. The van der Waals surface area contributed by atoms with Gasteiger partial charge in [0.15, 0.2) is 13.7 Å². The molecule has 216 valence electrons. The summed E-state index contributed by atoms with van der Waals surface area (Å²) in [4.78, 5) is 54.8. The fourth-order valence-corrected chi connectivity index (χ4v) is 6.22. The number of ether oxygens (including phenoxy) is 3. The number of carbonyl (C=O) groups excluding carboxylic acids is 4. The molecular formula is C28H47NO8Si. The van der Waals surface area contributed by atoms with E-state index in [4.69, 9.17) is 18.6 Å². The van der Waals surface area contributed by atoms with Crippen LogP contribution in [0.5, 0.6) is 0 Å². The van der Waals surface area contributed by atoms with Crippen molar-refractivity contribution in [3.8, 4) is 0 Å². The summed E-state index contributed by atoms with van der Waals surface area (Å²) in [6, 6.07) is -0.784. The molecule has 10 heteroatoms. The quantitative estimate of drug-likeness (QED) is 0.141. The van der Waals surface area contributed by atoms with Crippen molar-refractivity contribution in [1.29, 1.82) is 0 Å². The summed E-state index contributed by atoms with van der Waals surface area (Å²) in [6.45, 7) is 21.1. The molecule has 1 aliphatic carbocycles. The van der Waals surface area contributed by atoms with E-state index in [1.165, 1.54) is 7.11 Å². The van der Waals surface area contributed by atoms with E-state index in [1.54, 1.807) is 27.7 Å². The maximum atomic E-state index is 14.4. The first-order chi connectivity index (χ1) is 17.3. The highest BCUT2D eigenvalue weighted by Crippen LogP contribution is 2.57. The molecule has 0 saturated carbocycles. The van der Waals surface area contributed by atoms with E-state index in [0.717, 1.165) is 10.5 Å². The Morgan fingerprint density at radius 1 is 1.08 bits per heavy atom. The standard InChI is InChI=1S/C28H47NO8Si/c1-13-21(30)35-15-19-14-17(2)18(3)22-20(16-36-38(11,12)27(7,8)9)29(25(33)37-26(4,5)6)23(31)28(19,22)24(32)34-10/h14,18-20,22H,13,15-16H2,1-12H3/t18-,19-,20+,22+,28-/m1/s1. The Labute approximate surface area is 228 Å². The number of hydrogen-bond acceptors (Lipinski definition) is 8. The Hall–Kier alpha value is -2.20. The predicted octanol–water partition coefficient (Wildman–Crippen LogP) is 5.10. The molecule has 0 aromatic carbocycles. The molecule has 0 radical (unpaired) electrons. The van der Waals surface area contributed by atoms with Gasteiger partial charge in [0.2, 0.25) is 0 Å². The molecule has 0 unspecified atom stereocenters. The molecule has 0 aromatic heterocycles. The third kappa shape index (κ3) is 5.85. The summed E-state index contributed by atoms with van der Waals surface area (Å²) in [5.41, 5.74) is -1.71. The van der Waals surface area contributed by atoms with E-state index < -0.39 is 61.2 Å². The molecule has 2 aliphatic rings. The zero-order chi connectivity index (χ0) is 29.4. The topological polar surface area (TPSA) is 108 Å². The fourth-order valence-electron chi connectivity index (χ4n) is 5.20. The second-order valence-electron chi connectivity index (χ2n) is 13.0. The molecular weight excluding hydrogens is 506 g/mol. The van der Waals surface area contributed by atoms with E-state index in [2.05, 4.69) is 33.9 Å². The highest BCUT2D eigenvalue weighted by molar-refractivity contribution is 6.74. The van der Waals surface area contributed by atoms with Gasteiger partial charge in [0.05, 0.1) is 26.4 Å². The third-order valence-corrected chi connectivity index (χ3v) is 12.9. The van der Waals surface area contributed by atoms with Crippen molar-refractivity contribution < 1.29 is 37.8 Å². The van der Waals surface area contributed by atoms with Gasteiger partial charge in [0, 0.05) is 18.3 Å². The van der Waals surface area contributed by atoms with Gasteiger partial charge < -0.3 is 18.6 Å². The molecule has 1 aliphatic heterocycles. The van der Waals surface area contributed by atoms with E-state index >= 15 is 0 Å². The van der Waals surface area contributed by atoms with Crippen molar-refractivity contribution in [2.45, 2.75) is 98.5 Å². The van der Waals surface area contributed by atoms with Crippen LogP contribution in [0.3, 0.4) is 0 Å². The number of fused-ring (bicyclic) bond motifs is 1. The number of hydrogen-bond donors (Lipinski definition) is 0. The van der Waals surface area contributed by atoms with Gasteiger partial charge in [0.25, 0.3) is 5.91 Å². The van der Waals surface area contributed by atoms with Crippen LogP contribution in [0.15, 0.2) is 11.6 Å². The van der Waals surface area contributed by atoms with Crippen molar-refractivity contribution in [3.63, 3.8) is 0 Å².